The van der Waals surface area contributed by atoms with Crippen molar-refractivity contribution in [1.29, 1.82) is 0 Å². The molecule has 1 saturated heterocycles. The van der Waals surface area contributed by atoms with E-state index in [-0.39, 0.29) is 25.2 Å². The van der Waals surface area contributed by atoms with E-state index in [1.54, 1.807) is 83.3 Å². The fraction of sp³-hybridized carbons (Fsp3) is 0.308. The summed E-state index contributed by atoms with van der Waals surface area (Å²) in [7, 11) is 1.57. The van der Waals surface area contributed by atoms with Crippen LogP contribution in [0.3, 0.4) is 0 Å². The van der Waals surface area contributed by atoms with Crippen molar-refractivity contribution < 1.29 is 33.8 Å². The van der Waals surface area contributed by atoms with Gasteiger partial charge in [0, 0.05) is 12.6 Å². The van der Waals surface area contributed by atoms with Gasteiger partial charge in [0.05, 0.1) is 25.6 Å². The standard InChI is InChI=1S/C39H42N4O7/c1-26(30-14-10-7-11-15-30)41-36(47)43-34(44)32(39(43,35(45)46)24-27-12-8-6-9-13-27)22-29-20-21-40-33(23-29)42(37(48)50-38(2,3)4)25-28-16-18-31(49-5)19-17-28/h6-21,23,26,32H,22,24-25H2,1-5H3,(H,41,47)(H,45,46)/t26-,32+,39+/m1/s1. The molecule has 1 aliphatic rings. The molecule has 11 nitrogen and oxygen atoms in total. The smallest absolute Gasteiger partial charge is 0.416 e. The van der Waals surface area contributed by atoms with E-state index < -0.39 is 47.1 Å². The van der Waals surface area contributed by atoms with Gasteiger partial charge in [-0.15, -0.1) is 0 Å². The van der Waals surface area contributed by atoms with Crippen molar-refractivity contribution in [2.75, 3.05) is 12.0 Å². The lowest BCUT2D eigenvalue weighted by Crippen LogP contribution is -2.78. The predicted molar refractivity (Wildman–Crippen MR) is 188 cm³/mol. The van der Waals surface area contributed by atoms with Crippen LogP contribution in [0.5, 0.6) is 5.75 Å². The monoisotopic (exact) mass is 678 g/mol. The highest BCUT2D eigenvalue weighted by molar-refractivity contribution is 6.10. The maximum atomic E-state index is 13.9. The fourth-order valence-corrected chi connectivity index (χ4v) is 6.13. The number of carbonyl (C=O) groups excluding carboxylic acids is 3. The molecule has 1 aromatic heterocycles. The number of methoxy groups -OCH3 is 1. The van der Waals surface area contributed by atoms with Crippen molar-refractivity contribution in [3.63, 3.8) is 0 Å². The second-order valence-electron chi connectivity index (χ2n) is 13.3. The van der Waals surface area contributed by atoms with E-state index in [2.05, 4.69) is 10.3 Å². The molecule has 2 N–H and O–H groups in total. The number of carbonyl (C=O) groups is 4. The van der Waals surface area contributed by atoms with Gasteiger partial charge < -0.3 is 19.9 Å². The highest BCUT2D eigenvalue weighted by atomic mass is 16.6. The number of nitrogens with zero attached hydrogens (tertiary/aromatic N) is 3. The first-order chi connectivity index (χ1) is 23.8. The Bertz CT molecular complexity index is 1830. The van der Waals surface area contributed by atoms with Crippen molar-refractivity contribution in [1.82, 2.24) is 15.2 Å². The largest absolute Gasteiger partial charge is 0.497 e. The number of rotatable bonds is 11. The van der Waals surface area contributed by atoms with Crippen LogP contribution in [-0.4, -0.2) is 57.2 Å². The lowest BCUT2D eigenvalue weighted by molar-refractivity contribution is -0.181. The zero-order valence-corrected chi connectivity index (χ0v) is 28.8. The molecule has 4 aromatic rings. The summed E-state index contributed by atoms with van der Waals surface area (Å²) in [6, 6.07) is 27.4. The molecule has 50 heavy (non-hydrogen) atoms. The number of anilines is 1. The van der Waals surface area contributed by atoms with Gasteiger partial charge in [0.2, 0.25) is 5.91 Å². The molecule has 4 amide bonds. The Morgan fingerprint density at radius 1 is 0.940 bits per heavy atom. The molecule has 3 atom stereocenters. The van der Waals surface area contributed by atoms with Crippen LogP contribution in [0.15, 0.2) is 103 Å². The molecule has 5 rings (SSSR count). The van der Waals surface area contributed by atoms with Gasteiger partial charge in [-0.05, 0) is 80.6 Å². The summed E-state index contributed by atoms with van der Waals surface area (Å²) in [4.78, 5) is 61.1. The van der Waals surface area contributed by atoms with E-state index in [1.165, 1.54) is 11.1 Å². The van der Waals surface area contributed by atoms with E-state index in [1.807, 2.05) is 48.5 Å². The van der Waals surface area contributed by atoms with Crippen molar-refractivity contribution in [3.8, 4) is 5.75 Å². The second-order valence-corrected chi connectivity index (χ2v) is 13.3. The molecule has 0 saturated carbocycles. The maximum absolute atomic E-state index is 13.9. The number of hydrogen-bond donors (Lipinski definition) is 2. The first kappa shape index (κ1) is 35.6. The number of aliphatic carboxylic acids is 1. The Balaban J connectivity index is 1.47. The topological polar surface area (TPSA) is 138 Å². The predicted octanol–water partition coefficient (Wildman–Crippen LogP) is 6.57. The fourth-order valence-electron chi connectivity index (χ4n) is 6.13. The van der Waals surface area contributed by atoms with E-state index in [0.717, 1.165) is 16.0 Å². The molecule has 2 heterocycles. The second kappa shape index (κ2) is 14.8. The van der Waals surface area contributed by atoms with E-state index in [4.69, 9.17) is 9.47 Å². The maximum Gasteiger partial charge on any atom is 0.416 e. The number of β-lactam (4-membered cyclic amide) rings is 1. The van der Waals surface area contributed by atoms with Crippen LogP contribution in [-0.2, 0) is 33.7 Å². The minimum absolute atomic E-state index is 0.0177. The number of imide groups is 1. The summed E-state index contributed by atoms with van der Waals surface area (Å²) >= 11 is 0. The first-order valence-electron chi connectivity index (χ1n) is 16.4. The van der Waals surface area contributed by atoms with Crippen LogP contribution < -0.4 is 15.0 Å². The Hall–Kier alpha value is -5.71. The third-order valence-corrected chi connectivity index (χ3v) is 8.66. The summed E-state index contributed by atoms with van der Waals surface area (Å²) in [6.07, 6.45) is 0.768. The van der Waals surface area contributed by atoms with Crippen LogP contribution in [0.4, 0.5) is 15.4 Å². The number of likely N-dealkylation sites (tertiary alicyclic amines) is 1. The minimum atomic E-state index is -1.88. The number of benzene rings is 3. The average Bonchev–Trinajstić information content (AvgIpc) is 3.09. The third kappa shape index (κ3) is 7.78. The highest BCUT2D eigenvalue weighted by Crippen LogP contribution is 2.44. The third-order valence-electron chi connectivity index (χ3n) is 8.66. The van der Waals surface area contributed by atoms with Gasteiger partial charge in [-0.25, -0.2) is 24.3 Å². The quantitative estimate of drug-likeness (QED) is 0.170. The van der Waals surface area contributed by atoms with E-state index >= 15 is 0 Å². The van der Waals surface area contributed by atoms with Crippen molar-refractivity contribution in [2.24, 2.45) is 5.92 Å². The molecule has 0 spiro atoms. The number of nitrogens with one attached hydrogen (secondary N) is 1. The zero-order chi connectivity index (χ0) is 36.1. The molecule has 11 heteroatoms. The van der Waals surface area contributed by atoms with Crippen LogP contribution in [0.1, 0.15) is 56.0 Å². The number of carboxylic acids is 1. The molecule has 0 unspecified atom stereocenters. The SMILES string of the molecule is COc1ccc(CN(C(=O)OC(C)(C)C)c2cc(C[C@H]3C(=O)N(C(=O)N[C@H](C)c4ccccc4)[C@]3(Cc3ccccc3)C(=O)O)ccn2)cc1. The van der Waals surface area contributed by atoms with Crippen LogP contribution in [0.2, 0.25) is 0 Å². The first-order valence-corrected chi connectivity index (χ1v) is 16.4. The van der Waals surface area contributed by atoms with Gasteiger partial charge in [0.25, 0.3) is 0 Å². The van der Waals surface area contributed by atoms with E-state index in [9.17, 15) is 24.3 Å². The molecular weight excluding hydrogens is 636 g/mol. The van der Waals surface area contributed by atoms with Gasteiger partial charge in [-0.3, -0.25) is 9.69 Å². The highest BCUT2D eigenvalue weighted by Gasteiger charge is 2.67. The minimum Gasteiger partial charge on any atom is -0.497 e. The molecule has 0 bridgehead atoms. The number of amides is 4. The summed E-state index contributed by atoms with van der Waals surface area (Å²) in [6.45, 7) is 7.20. The summed E-state index contributed by atoms with van der Waals surface area (Å²) in [5.41, 5.74) is 0.155. The van der Waals surface area contributed by atoms with Gasteiger partial charge in [-0.1, -0.05) is 72.8 Å². The molecule has 260 valence electrons. The van der Waals surface area contributed by atoms with Crippen molar-refractivity contribution >= 4 is 29.8 Å². The van der Waals surface area contributed by atoms with Crippen LogP contribution in [0, 0.1) is 5.92 Å². The average molecular weight is 679 g/mol. The number of urea groups is 1. The number of hydrogen-bond acceptors (Lipinski definition) is 7. The van der Waals surface area contributed by atoms with Gasteiger partial charge in [0.15, 0.2) is 5.54 Å². The normalized spacial score (nSPS) is 17.7. The van der Waals surface area contributed by atoms with Crippen molar-refractivity contribution in [2.45, 2.75) is 64.3 Å². The van der Waals surface area contributed by atoms with E-state index in [0.29, 0.717) is 16.9 Å². The molecule has 1 aliphatic heterocycles. The Morgan fingerprint density at radius 3 is 2.18 bits per heavy atom. The van der Waals surface area contributed by atoms with Gasteiger partial charge in [0.1, 0.15) is 17.2 Å². The van der Waals surface area contributed by atoms with Crippen molar-refractivity contribution in [3.05, 3.63) is 126 Å². The molecule has 3 aromatic carbocycles. The summed E-state index contributed by atoms with van der Waals surface area (Å²) < 4.78 is 11.0. The van der Waals surface area contributed by atoms with Gasteiger partial charge >= 0.3 is 18.1 Å². The number of aromatic nitrogens is 1. The molecule has 1 fully saturated rings. The lowest BCUT2D eigenvalue weighted by atomic mass is 9.67. The Kier molecular flexibility index (Phi) is 10.5. The molecular formula is C39H42N4O7. The zero-order valence-electron chi connectivity index (χ0n) is 28.8. The lowest BCUT2D eigenvalue weighted by Gasteiger charge is -2.53. The molecule has 0 aliphatic carbocycles. The summed E-state index contributed by atoms with van der Waals surface area (Å²) in [5, 5.41) is 13.7. The van der Waals surface area contributed by atoms with Crippen LogP contribution in [0.25, 0.3) is 0 Å². The van der Waals surface area contributed by atoms with Crippen LogP contribution >= 0.6 is 0 Å². The number of carboxylic acid groups (broad SMARTS) is 1. The Labute approximate surface area is 291 Å². The number of pyridine rings is 1. The molecule has 0 radical (unpaired) electrons. The number of ether oxygens (including phenoxy) is 2. The van der Waals surface area contributed by atoms with Gasteiger partial charge in [-0.2, -0.15) is 0 Å². The Morgan fingerprint density at radius 2 is 1.58 bits per heavy atom. The summed E-state index contributed by atoms with van der Waals surface area (Å²) in [5.74, 6) is -2.07.